The van der Waals surface area contributed by atoms with E-state index >= 15 is 0 Å². The van der Waals surface area contributed by atoms with E-state index in [-0.39, 0.29) is 111 Å². The minimum absolute atomic E-state index is 0.00593. The zero-order valence-corrected chi connectivity index (χ0v) is 56.1. The van der Waals surface area contributed by atoms with Gasteiger partial charge >= 0.3 is 0 Å². The van der Waals surface area contributed by atoms with Crippen LogP contribution in [0.15, 0.2) is 0 Å². The van der Waals surface area contributed by atoms with Gasteiger partial charge in [-0.3, -0.25) is 43.2 Å². The minimum Gasteiger partial charge on any atom is -0.379 e. The van der Waals surface area contributed by atoms with Gasteiger partial charge in [0.2, 0.25) is 11.8 Å². The Morgan fingerprint density at radius 3 is 0.822 bits per heavy atom. The Morgan fingerprint density at radius 2 is 0.522 bits per heavy atom. The number of carbonyl (C=O) groups is 9. The third kappa shape index (κ3) is 67.2. The summed E-state index contributed by atoms with van der Waals surface area (Å²) >= 11 is 0. The molecule has 0 bridgehead atoms. The van der Waals surface area contributed by atoms with Crippen molar-refractivity contribution in [3.63, 3.8) is 0 Å². The molecule has 0 spiro atoms. The highest BCUT2D eigenvalue weighted by Gasteiger charge is 2.22. The number of amides is 2. The lowest BCUT2D eigenvalue weighted by atomic mass is 9.91. The lowest BCUT2D eigenvalue weighted by Gasteiger charge is -2.16. The lowest BCUT2D eigenvalue weighted by Crippen LogP contribution is -2.31. The zero-order chi connectivity index (χ0) is 68.0. The molecule has 0 atom stereocenters. The van der Waals surface area contributed by atoms with Gasteiger partial charge in [0.1, 0.15) is 51.2 Å². The molecule has 0 heterocycles. The molecule has 23 heteroatoms. The number of ether oxygens (including phenoxy) is 12. The maximum Gasteiger partial charge on any atom is 0.246 e. The van der Waals surface area contributed by atoms with Gasteiger partial charge in [0.25, 0.3) is 0 Å². The average Bonchev–Trinajstić information content (AvgIpc) is 3.62. The molecule has 0 unspecified atom stereocenters. The molecule has 0 rings (SSSR count). The normalized spacial score (nSPS) is 11.2. The highest BCUT2D eigenvalue weighted by molar-refractivity contribution is 5.86. The number of terminal acetylenes is 3. The van der Waals surface area contributed by atoms with Crippen molar-refractivity contribution in [3.05, 3.63) is 0 Å². The van der Waals surface area contributed by atoms with Crippen LogP contribution in [-0.2, 0) is 100.0 Å². The summed E-state index contributed by atoms with van der Waals surface area (Å²) in [7, 11) is 0. The van der Waals surface area contributed by atoms with Gasteiger partial charge in [-0.15, -0.1) is 37.0 Å². The van der Waals surface area contributed by atoms with Crippen LogP contribution in [0.4, 0.5) is 0 Å². The minimum atomic E-state index is -0.407. The van der Waals surface area contributed by atoms with Crippen LogP contribution in [0.25, 0.3) is 0 Å². The molecule has 0 aromatic rings. The van der Waals surface area contributed by atoms with Crippen LogP contribution in [0.1, 0.15) is 152 Å². The van der Waals surface area contributed by atoms with E-state index in [1.165, 1.54) is 0 Å². The van der Waals surface area contributed by atoms with Crippen molar-refractivity contribution in [1.82, 2.24) is 10.6 Å². The van der Waals surface area contributed by atoms with E-state index < -0.39 is 10.8 Å². The molecule has 0 aliphatic heterocycles. The van der Waals surface area contributed by atoms with Gasteiger partial charge in [0, 0.05) is 120 Å². The van der Waals surface area contributed by atoms with Gasteiger partial charge in [-0.1, -0.05) is 62.3 Å². The summed E-state index contributed by atoms with van der Waals surface area (Å²) in [6, 6.07) is 0. The molecule has 0 saturated heterocycles. The van der Waals surface area contributed by atoms with Crippen molar-refractivity contribution in [2.75, 3.05) is 172 Å². The molecule has 2 N–H and O–H groups in total. The SMILES string of the molecule is C#CCCC(=O)CCCOCCOCC(=O)C(C)(C)C.C#CCCC(=O)CCCOCCOCC(=O)NCCOCCOCC(=O)CCCOCCOCC(=O)C(C)(C)C.C#CCCC(=O)NCCOCCOCC(=O)CCCOCCOCC(=O)C(C)(C)C. The Kier molecular flexibility index (Phi) is 60.7. The Balaban J connectivity index is -0.00000134. The molecular formula is C67H112N2O21. The molecule has 0 aromatic carbocycles. The van der Waals surface area contributed by atoms with Crippen molar-refractivity contribution in [3.8, 4) is 37.0 Å². The predicted octanol–water partition coefficient (Wildman–Crippen LogP) is 5.87. The first-order valence-corrected chi connectivity index (χ1v) is 31.2. The molecule has 0 radical (unpaired) electrons. The summed E-state index contributed by atoms with van der Waals surface area (Å²) < 4.78 is 63.8. The van der Waals surface area contributed by atoms with Gasteiger partial charge < -0.3 is 67.5 Å². The first kappa shape index (κ1) is 89.0. The zero-order valence-electron chi connectivity index (χ0n) is 56.1. The second kappa shape index (κ2) is 61.3. The first-order chi connectivity index (χ1) is 42.8. The van der Waals surface area contributed by atoms with E-state index in [9.17, 15) is 43.2 Å². The van der Waals surface area contributed by atoms with E-state index in [1.807, 2.05) is 62.3 Å². The van der Waals surface area contributed by atoms with E-state index in [1.54, 1.807) is 0 Å². The topological polar surface area (TPSA) is 288 Å². The molecule has 0 aliphatic carbocycles. The Hall–Kier alpha value is -5.17. The van der Waals surface area contributed by atoms with Crippen molar-refractivity contribution < 1.29 is 100.0 Å². The van der Waals surface area contributed by atoms with Crippen molar-refractivity contribution in [2.24, 2.45) is 16.2 Å². The fraction of sp³-hybridized carbons (Fsp3) is 0.776. The smallest absolute Gasteiger partial charge is 0.246 e. The third-order valence-corrected chi connectivity index (χ3v) is 11.9. The summed E-state index contributed by atoms with van der Waals surface area (Å²) in [5.41, 5.74) is -1.16. The molecule has 0 aromatic heterocycles. The number of hydrogen-bond acceptors (Lipinski definition) is 21. The van der Waals surface area contributed by atoms with Crippen LogP contribution in [0.3, 0.4) is 0 Å². The lowest BCUT2D eigenvalue weighted by molar-refractivity contribution is -0.132. The van der Waals surface area contributed by atoms with Gasteiger partial charge in [0.05, 0.1) is 92.5 Å². The Morgan fingerprint density at radius 1 is 0.278 bits per heavy atom. The van der Waals surface area contributed by atoms with E-state index in [0.29, 0.717) is 209 Å². The van der Waals surface area contributed by atoms with Crippen LogP contribution in [0, 0.1) is 53.3 Å². The number of ketones is 7. The molecule has 0 fully saturated rings. The third-order valence-electron chi connectivity index (χ3n) is 11.9. The molecule has 0 saturated carbocycles. The quantitative estimate of drug-likeness (QED) is 0.0531. The monoisotopic (exact) mass is 1280 g/mol. The number of carbonyl (C=O) groups excluding carboxylic acids is 9. The maximum atomic E-state index is 11.8. The van der Waals surface area contributed by atoms with Gasteiger partial charge in [-0.2, -0.15) is 0 Å². The maximum absolute atomic E-state index is 11.8. The molecule has 0 aliphatic rings. The van der Waals surface area contributed by atoms with Crippen molar-refractivity contribution in [1.29, 1.82) is 0 Å². The standard InChI is InChI=1S/C29H49NO10.C22H37NO7.C16H26O4/c1-5-6-9-25(31)10-7-13-35-17-21-40-24-28(34)30-12-15-37-18-19-38-22-26(32)11-8-14-36-16-20-39-23-27(33)29(2,3)4;1-5-6-9-21(26)23-10-12-28-14-15-29-17-19(24)8-7-11-27-13-16-30-18-20(25)22(2,3)4;1-5-6-8-14(17)9-7-10-19-11-12-20-13-15(18)16(2,3)4/h1H,6-24H2,2-4H3,(H,30,34);1H,6-18H2,2-4H3,(H,23,26);1H,6-13H2,2-4H3. The van der Waals surface area contributed by atoms with Gasteiger partial charge in [-0.05, 0) is 25.7 Å². The molecular weight excluding hydrogens is 1170 g/mol. The first-order valence-electron chi connectivity index (χ1n) is 31.2. The Labute approximate surface area is 538 Å². The van der Waals surface area contributed by atoms with Crippen LogP contribution < -0.4 is 10.6 Å². The van der Waals surface area contributed by atoms with E-state index in [2.05, 4.69) is 28.4 Å². The second-order valence-corrected chi connectivity index (χ2v) is 23.4. The molecule has 23 nitrogen and oxygen atoms in total. The fourth-order valence-corrected chi connectivity index (χ4v) is 6.15. The summed E-state index contributed by atoms with van der Waals surface area (Å²) in [6.07, 6.45) is 22.1. The molecule has 516 valence electrons. The van der Waals surface area contributed by atoms with Crippen LogP contribution in [0.5, 0.6) is 0 Å². The number of nitrogens with one attached hydrogen (secondary N) is 2. The van der Waals surface area contributed by atoms with Crippen LogP contribution in [-0.4, -0.2) is 224 Å². The summed E-state index contributed by atoms with van der Waals surface area (Å²) in [6.45, 7) is 24.5. The van der Waals surface area contributed by atoms with Crippen molar-refractivity contribution >= 4 is 52.3 Å². The Bertz CT molecular complexity index is 2060. The van der Waals surface area contributed by atoms with Crippen molar-refractivity contribution in [2.45, 2.75) is 152 Å². The summed E-state index contributed by atoms with van der Waals surface area (Å²) in [4.78, 5) is 104. The van der Waals surface area contributed by atoms with Gasteiger partial charge in [0.15, 0.2) is 28.9 Å². The highest BCUT2D eigenvalue weighted by Crippen LogP contribution is 2.16. The molecule has 90 heavy (non-hydrogen) atoms. The summed E-state index contributed by atoms with van der Waals surface area (Å²) in [5, 5.41) is 5.37. The second-order valence-electron chi connectivity index (χ2n) is 23.4. The number of hydrogen-bond donors (Lipinski definition) is 2. The predicted molar refractivity (Wildman–Crippen MR) is 340 cm³/mol. The fourth-order valence-electron chi connectivity index (χ4n) is 6.15. The molecule has 2 amide bonds. The van der Waals surface area contributed by atoms with Gasteiger partial charge in [-0.25, -0.2) is 0 Å². The van der Waals surface area contributed by atoms with Crippen LogP contribution in [0.2, 0.25) is 0 Å². The van der Waals surface area contributed by atoms with Crippen LogP contribution >= 0.6 is 0 Å². The van der Waals surface area contributed by atoms with E-state index in [0.717, 1.165) is 0 Å². The highest BCUT2D eigenvalue weighted by atomic mass is 16.5. The largest absolute Gasteiger partial charge is 0.379 e. The number of Topliss-reactive ketones (excluding diaryl/α,β-unsaturated/α-hetero) is 7. The number of rotatable bonds is 58. The summed E-state index contributed by atoms with van der Waals surface area (Å²) in [5.74, 6) is 7.45. The average molecular weight is 1280 g/mol. The van der Waals surface area contributed by atoms with E-state index in [4.69, 9.17) is 76.1 Å².